The lowest BCUT2D eigenvalue weighted by Crippen LogP contribution is -2.14. The van der Waals surface area contributed by atoms with Crippen molar-refractivity contribution in [2.24, 2.45) is 0 Å². The molecule has 0 spiro atoms. The molecule has 8 heteroatoms. The lowest BCUT2D eigenvalue weighted by molar-refractivity contribution is 0.0600. The van der Waals surface area contributed by atoms with E-state index in [-0.39, 0.29) is 30.1 Å². The second-order valence-corrected chi connectivity index (χ2v) is 8.38. The van der Waals surface area contributed by atoms with Gasteiger partial charge in [0.1, 0.15) is 17.4 Å². The average Bonchev–Trinajstić information content (AvgIpc) is 3.30. The summed E-state index contributed by atoms with van der Waals surface area (Å²) in [6.07, 6.45) is 3.89. The van der Waals surface area contributed by atoms with Crippen molar-refractivity contribution < 1.29 is 24.2 Å². The summed E-state index contributed by atoms with van der Waals surface area (Å²) in [5.41, 5.74) is 2.99. The predicted molar refractivity (Wildman–Crippen MR) is 130 cm³/mol. The van der Waals surface area contributed by atoms with Gasteiger partial charge in [-0.1, -0.05) is 32.1 Å². The molecular weight excluding hydrogens is 440 g/mol. The van der Waals surface area contributed by atoms with Crippen molar-refractivity contribution in [1.82, 2.24) is 4.98 Å². The number of thiazole rings is 1. The fourth-order valence-electron chi connectivity index (χ4n) is 2.95. The molecule has 0 saturated heterocycles. The molecule has 0 atom stereocenters. The summed E-state index contributed by atoms with van der Waals surface area (Å²) >= 11 is 1.59. The van der Waals surface area contributed by atoms with Crippen molar-refractivity contribution in [1.29, 1.82) is 0 Å². The fourth-order valence-corrected chi connectivity index (χ4v) is 3.82. The standard InChI is InChI=1S/C25H26N2O5S/c1-16(2)22-15-33-23(27-22)8-7-17-5-4-6-20(11-17)26-24(29)18-12-19(25(30)31-3)14-21(13-18)32-10-9-28/h4-8,11-16,28H,9-10H2,1-3H3,(H,26,29)/b8-7+. The summed E-state index contributed by atoms with van der Waals surface area (Å²) in [7, 11) is 1.26. The van der Waals surface area contributed by atoms with E-state index in [0.717, 1.165) is 16.3 Å². The first-order valence-electron chi connectivity index (χ1n) is 10.4. The number of carbonyl (C=O) groups excluding carboxylic acids is 2. The van der Waals surface area contributed by atoms with Crippen molar-refractivity contribution in [3.8, 4) is 5.75 Å². The van der Waals surface area contributed by atoms with Crippen LogP contribution in [0.25, 0.3) is 12.2 Å². The third kappa shape index (κ3) is 6.74. The molecule has 1 aromatic heterocycles. The smallest absolute Gasteiger partial charge is 0.338 e. The number of anilines is 1. The molecule has 7 nitrogen and oxygen atoms in total. The lowest BCUT2D eigenvalue weighted by atomic mass is 10.1. The molecule has 0 saturated carbocycles. The molecule has 3 rings (SSSR count). The number of esters is 1. The van der Waals surface area contributed by atoms with Crippen LogP contribution in [0.4, 0.5) is 5.69 Å². The number of hydrogen-bond acceptors (Lipinski definition) is 7. The molecule has 1 heterocycles. The number of nitrogens with zero attached hydrogens (tertiary/aromatic N) is 1. The summed E-state index contributed by atoms with van der Waals surface area (Å²) in [4.78, 5) is 29.4. The van der Waals surface area contributed by atoms with E-state index in [4.69, 9.17) is 14.6 Å². The number of aromatic nitrogens is 1. The molecule has 2 N–H and O–H groups in total. The zero-order chi connectivity index (χ0) is 23.8. The normalized spacial score (nSPS) is 11.1. The number of amides is 1. The molecule has 0 radical (unpaired) electrons. The van der Waals surface area contributed by atoms with E-state index in [0.29, 0.717) is 11.6 Å². The van der Waals surface area contributed by atoms with Gasteiger partial charge in [0.2, 0.25) is 0 Å². The summed E-state index contributed by atoms with van der Waals surface area (Å²) in [5.74, 6) is -0.321. The highest BCUT2D eigenvalue weighted by atomic mass is 32.1. The average molecular weight is 467 g/mol. The summed E-state index contributed by atoms with van der Waals surface area (Å²) in [6.45, 7) is 4.07. The summed E-state index contributed by atoms with van der Waals surface area (Å²) < 4.78 is 10.1. The van der Waals surface area contributed by atoms with E-state index in [1.807, 2.05) is 30.4 Å². The second-order valence-electron chi connectivity index (χ2n) is 7.49. The van der Waals surface area contributed by atoms with Crippen molar-refractivity contribution in [3.63, 3.8) is 0 Å². The quantitative estimate of drug-likeness (QED) is 0.438. The minimum atomic E-state index is -0.589. The first-order valence-corrected chi connectivity index (χ1v) is 11.3. The van der Waals surface area contributed by atoms with Gasteiger partial charge in [0.25, 0.3) is 5.91 Å². The molecule has 0 fully saturated rings. The number of ether oxygens (including phenoxy) is 2. The fraction of sp³-hybridized carbons (Fsp3) is 0.240. The van der Waals surface area contributed by atoms with Crippen LogP contribution in [0.3, 0.4) is 0 Å². The number of benzene rings is 2. The van der Waals surface area contributed by atoms with Gasteiger partial charge in [-0.2, -0.15) is 0 Å². The third-order valence-corrected chi connectivity index (χ3v) is 5.47. The van der Waals surface area contributed by atoms with Crippen LogP contribution < -0.4 is 10.1 Å². The van der Waals surface area contributed by atoms with Crippen LogP contribution in [0.15, 0.2) is 47.8 Å². The Morgan fingerprint density at radius 3 is 2.64 bits per heavy atom. The molecule has 0 aliphatic rings. The Morgan fingerprint density at radius 2 is 1.94 bits per heavy atom. The van der Waals surface area contributed by atoms with Gasteiger partial charge in [0, 0.05) is 16.6 Å². The van der Waals surface area contributed by atoms with Crippen LogP contribution in [0.1, 0.15) is 56.7 Å². The van der Waals surface area contributed by atoms with E-state index in [9.17, 15) is 9.59 Å². The van der Waals surface area contributed by atoms with Gasteiger partial charge in [-0.3, -0.25) is 4.79 Å². The van der Waals surface area contributed by atoms with Gasteiger partial charge in [-0.15, -0.1) is 11.3 Å². The van der Waals surface area contributed by atoms with Gasteiger partial charge in [-0.05, 0) is 47.9 Å². The highest BCUT2D eigenvalue weighted by Crippen LogP contribution is 2.22. The highest BCUT2D eigenvalue weighted by molar-refractivity contribution is 7.10. The monoisotopic (exact) mass is 466 g/mol. The number of nitrogens with one attached hydrogen (secondary N) is 1. The van der Waals surface area contributed by atoms with E-state index in [1.165, 1.54) is 25.3 Å². The maximum atomic E-state index is 12.9. The minimum Gasteiger partial charge on any atom is -0.491 e. The number of hydrogen-bond donors (Lipinski definition) is 2. The Hall–Kier alpha value is -3.49. The number of rotatable bonds is 9. The molecule has 3 aromatic rings. The first-order chi connectivity index (χ1) is 15.9. The van der Waals surface area contributed by atoms with Gasteiger partial charge in [0.05, 0.1) is 25.0 Å². The SMILES string of the molecule is COC(=O)c1cc(OCCO)cc(C(=O)Nc2cccc(/C=C/c3nc(C(C)C)cs3)c2)c1. The van der Waals surface area contributed by atoms with Crippen molar-refractivity contribution >= 4 is 41.1 Å². The molecule has 0 unspecified atom stereocenters. The number of carbonyl (C=O) groups is 2. The number of methoxy groups -OCH3 is 1. The number of aliphatic hydroxyl groups is 1. The lowest BCUT2D eigenvalue weighted by Gasteiger charge is -2.11. The van der Waals surface area contributed by atoms with Crippen LogP contribution in [-0.4, -0.2) is 42.3 Å². The minimum absolute atomic E-state index is 0.0395. The zero-order valence-corrected chi connectivity index (χ0v) is 19.5. The Balaban J connectivity index is 1.77. The zero-order valence-electron chi connectivity index (χ0n) is 18.7. The Bertz CT molecular complexity index is 1150. The van der Waals surface area contributed by atoms with Crippen molar-refractivity contribution in [3.05, 3.63) is 75.2 Å². The summed E-state index contributed by atoms with van der Waals surface area (Å²) in [6, 6.07) is 11.8. The maximum absolute atomic E-state index is 12.9. The van der Waals surface area contributed by atoms with E-state index < -0.39 is 11.9 Å². The van der Waals surface area contributed by atoms with E-state index in [1.54, 1.807) is 17.4 Å². The summed E-state index contributed by atoms with van der Waals surface area (Å²) in [5, 5.41) is 14.8. The maximum Gasteiger partial charge on any atom is 0.338 e. The van der Waals surface area contributed by atoms with E-state index >= 15 is 0 Å². The van der Waals surface area contributed by atoms with Gasteiger partial charge in [0.15, 0.2) is 0 Å². The van der Waals surface area contributed by atoms with Crippen molar-refractivity contribution in [2.45, 2.75) is 19.8 Å². The molecule has 33 heavy (non-hydrogen) atoms. The van der Waals surface area contributed by atoms with Gasteiger partial charge < -0.3 is 19.9 Å². The Kier molecular flexibility index (Phi) is 8.34. The van der Waals surface area contributed by atoms with Crippen molar-refractivity contribution in [2.75, 3.05) is 25.6 Å². The molecule has 172 valence electrons. The van der Waals surface area contributed by atoms with Crippen LogP contribution in [0.5, 0.6) is 5.75 Å². The largest absolute Gasteiger partial charge is 0.491 e. The Labute approximate surface area is 196 Å². The second kappa shape index (κ2) is 11.4. The van der Waals surface area contributed by atoms with Crippen LogP contribution in [-0.2, 0) is 4.74 Å². The Morgan fingerprint density at radius 1 is 1.15 bits per heavy atom. The molecular formula is C25H26N2O5S. The van der Waals surface area contributed by atoms with Crippen LogP contribution in [0.2, 0.25) is 0 Å². The van der Waals surface area contributed by atoms with Crippen LogP contribution in [0, 0.1) is 0 Å². The molecule has 2 aromatic carbocycles. The molecule has 0 aliphatic heterocycles. The number of aliphatic hydroxyl groups excluding tert-OH is 1. The molecule has 0 bridgehead atoms. The molecule has 0 aliphatic carbocycles. The van der Waals surface area contributed by atoms with Gasteiger partial charge >= 0.3 is 5.97 Å². The molecule has 1 amide bonds. The highest BCUT2D eigenvalue weighted by Gasteiger charge is 2.15. The van der Waals surface area contributed by atoms with E-state index in [2.05, 4.69) is 29.5 Å². The third-order valence-electron chi connectivity index (χ3n) is 4.64. The predicted octanol–water partition coefficient (Wildman–Crippen LogP) is 4.85. The topological polar surface area (TPSA) is 97.8 Å². The van der Waals surface area contributed by atoms with Crippen LogP contribution >= 0.6 is 11.3 Å². The first kappa shape index (κ1) is 24.2. The van der Waals surface area contributed by atoms with Gasteiger partial charge in [-0.25, -0.2) is 9.78 Å².